The Morgan fingerprint density at radius 3 is 2.62 bits per heavy atom. The molecule has 1 heterocycles. The second kappa shape index (κ2) is 3.41. The Morgan fingerprint density at radius 2 is 2.00 bits per heavy atom. The number of nitrogens with two attached hydrogens (primary N) is 1. The van der Waals surface area contributed by atoms with Gasteiger partial charge in [0.1, 0.15) is 5.76 Å². The third kappa shape index (κ3) is 1.60. The monoisotopic (exact) mass is 174 g/mol. The number of hydrogen-bond donors (Lipinski definition) is 1. The molecule has 0 unspecified atom stereocenters. The second-order valence-corrected chi connectivity index (χ2v) is 2.79. The lowest BCUT2D eigenvalue weighted by molar-refractivity contribution is 0.485. The van der Waals surface area contributed by atoms with Crippen molar-refractivity contribution in [2.45, 2.75) is 6.04 Å². The lowest BCUT2D eigenvalue weighted by Gasteiger charge is -2.07. The molecule has 0 aliphatic heterocycles. The predicted molar refractivity (Wildman–Crippen MR) is 49.0 cm³/mol. The predicted octanol–water partition coefficient (Wildman–Crippen LogP) is 1.72. The van der Waals surface area contributed by atoms with Crippen molar-refractivity contribution in [3.8, 4) is 0 Å². The van der Waals surface area contributed by atoms with Gasteiger partial charge in [-0.1, -0.05) is 30.3 Å². The van der Waals surface area contributed by atoms with E-state index in [9.17, 15) is 0 Å². The Bertz CT molecular complexity index is 356. The molecule has 66 valence electrons. The molecule has 2 aromatic rings. The molecule has 1 aromatic heterocycles. The van der Waals surface area contributed by atoms with Gasteiger partial charge in [-0.15, -0.1) is 0 Å². The van der Waals surface area contributed by atoms with Crippen molar-refractivity contribution in [3.63, 3.8) is 0 Å². The number of oxazole rings is 1. The molecule has 0 saturated carbocycles. The largest absolute Gasteiger partial charge is 0.446 e. The first-order chi connectivity index (χ1) is 6.38. The van der Waals surface area contributed by atoms with Gasteiger partial charge in [0.2, 0.25) is 0 Å². The van der Waals surface area contributed by atoms with E-state index in [1.807, 2.05) is 30.3 Å². The van der Waals surface area contributed by atoms with Crippen LogP contribution in [0.25, 0.3) is 0 Å². The van der Waals surface area contributed by atoms with E-state index in [2.05, 4.69) is 4.98 Å². The highest BCUT2D eigenvalue weighted by Crippen LogP contribution is 2.17. The van der Waals surface area contributed by atoms with Crippen molar-refractivity contribution >= 4 is 0 Å². The average Bonchev–Trinajstić information content (AvgIpc) is 2.71. The molecule has 0 aliphatic carbocycles. The summed E-state index contributed by atoms with van der Waals surface area (Å²) in [6.45, 7) is 0. The maximum atomic E-state index is 5.93. The van der Waals surface area contributed by atoms with Crippen molar-refractivity contribution in [3.05, 3.63) is 54.2 Å². The first kappa shape index (κ1) is 8.01. The fourth-order valence-corrected chi connectivity index (χ4v) is 1.20. The van der Waals surface area contributed by atoms with Gasteiger partial charge in [0, 0.05) is 0 Å². The number of nitrogens with zero attached hydrogens (tertiary/aromatic N) is 1. The summed E-state index contributed by atoms with van der Waals surface area (Å²) < 4.78 is 5.11. The van der Waals surface area contributed by atoms with Gasteiger partial charge in [-0.3, -0.25) is 0 Å². The Kier molecular flexibility index (Phi) is 2.10. The Labute approximate surface area is 76.2 Å². The molecular formula is C10H10N2O. The molecule has 0 aliphatic rings. The molecule has 3 nitrogen and oxygen atoms in total. The molecule has 0 spiro atoms. The highest BCUT2D eigenvalue weighted by atomic mass is 16.3. The second-order valence-electron chi connectivity index (χ2n) is 2.79. The van der Waals surface area contributed by atoms with Crippen LogP contribution in [0, 0.1) is 0 Å². The van der Waals surface area contributed by atoms with Gasteiger partial charge in [0.05, 0.1) is 12.2 Å². The van der Waals surface area contributed by atoms with Crippen LogP contribution in [0.4, 0.5) is 0 Å². The molecule has 0 saturated heterocycles. The van der Waals surface area contributed by atoms with Gasteiger partial charge in [-0.2, -0.15) is 0 Å². The van der Waals surface area contributed by atoms with E-state index in [4.69, 9.17) is 10.2 Å². The van der Waals surface area contributed by atoms with Crippen LogP contribution in [0.1, 0.15) is 17.4 Å². The van der Waals surface area contributed by atoms with Crippen molar-refractivity contribution < 1.29 is 4.42 Å². The standard InChI is InChI=1S/C10H10N2O/c11-10(9-6-12-7-13-9)8-4-2-1-3-5-8/h1-7,10H,11H2/t10-/m0/s1. The zero-order valence-corrected chi connectivity index (χ0v) is 7.05. The van der Waals surface area contributed by atoms with Crippen molar-refractivity contribution in [2.75, 3.05) is 0 Å². The summed E-state index contributed by atoms with van der Waals surface area (Å²) in [5.74, 6) is 0.686. The topological polar surface area (TPSA) is 52.0 Å². The van der Waals surface area contributed by atoms with Crippen LogP contribution in [-0.2, 0) is 0 Å². The molecule has 2 N–H and O–H groups in total. The minimum absolute atomic E-state index is 0.219. The van der Waals surface area contributed by atoms with E-state index in [-0.39, 0.29) is 6.04 Å². The van der Waals surface area contributed by atoms with Gasteiger partial charge in [0.15, 0.2) is 6.39 Å². The third-order valence-corrected chi connectivity index (χ3v) is 1.92. The smallest absolute Gasteiger partial charge is 0.180 e. The highest BCUT2D eigenvalue weighted by molar-refractivity contribution is 5.24. The van der Waals surface area contributed by atoms with Gasteiger partial charge >= 0.3 is 0 Å². The number of hydrogen-bond acceptors (Lipinski definition) is 3. The average molecular weight is 174 g/mol. The highest BCUT2D eigenvalue weighted by Gasteiger charge is 2.10. The summed E-state index contributed by atoms with van der Waals surface area (Å²) in [5.41, 5.74) is 6.95. The normalized spacial score (nSPS) is 12.7. The molecular weight excluding hydrogens is 164 g/mol. The lowest BCUT2D eigenvalue weighted by Crippen LogP contribution is -2.10. The van der Waals surface area contributed by atoms with E-state index >= 15 is 0 Å². The first-order valence-electron chi connectivity index (χ1n) is 4.07. The molecule has 13 heavy (non-hydrogen) atoms. The van der Waals surface area contributed by atoms with Crippen LogP contribution in [0.2, 0.25) is 0 Å². The van der Waals surface area contributed by atoms with E-state index in [1.54, 1.807) is 6.20 Å². The van der Waals surface area contributed by atoms with Crippen LogP contribution < -0.4 is 5.73 Å². The fourth-order valence-electron chi connectivity index (χ4n) is 1.20. The van der Waals surface area contributed by atoms with Gasteiger partial charge in [0.25, 0.3) is 0 Å². The summed E-state index contributed by atoms with van der Waals surface area (Å²) in [6.07, 6.45) is 3.02. The summed E-state index contributed by atoms with van der Waals surface area (Å²) in [4.78, 5) is 3.82. The minimum atomic E-state index is -0.219. The molecule has 1 atom stereocenters. The molecule has 1 aromatic carbocycles. The summed E-state index contributed by atoms with van der Waals surface area (Å²) >= 11 is 0. The van der Waals surface area contributed by atoms with Crippen molar-refractivity contribution in [2.24, 2.45) is 5.73 Å². The quantitative estimate of drug-likeness (QED) is 0.754. The number of aromatic nitrogens is 1. The zero-order valence-electron chi connectivity index (χ0n) is 7.05. The molecule has 2 rings (SSSR count). The van der Waals surface area contributed by atoms with E-state index < -0.39 is 0 Å². The lowest BCUT2D eigenvalue weighted by atomic mass is 10.1. The van der Waals surface area contributed by atoms with Gasteiger partial charge < -0.3 is 10.2 Å². The summed E-state index contributed by atoms with van der Waals surface area (Å²) in [7, 11) is 0. The third-order valence-electron chi connectivity index (χ3n) is 1.92. The molecule has 0 radical (unpaired) electrons. The van der Waals surface area contributed by atoms with E-state index in [0.717, 1.165) is 5.56 Å². The number of benzene rings is 1. The van der Waals surface area contributed by atoms with Crippen molar-refractivity contribution in [1.82, 2.24) is 4.98 Å². The Hall–Kier alpha value is -1.61. The van der Waals surface area contributed by atoms with Crippen LogP contribution in [-0.4, -0.2) is 4.98 Å². The van der Waals surface area contributed by atoms with Gasteiger partial charge in [-0.05, 0) is 5.56 Å². The fraction of sp³-hybridized carbons (Fsp3) is 0.100. The summed E-state index contributed by atoms with van der Waals surface area (Å²) in [6, 6.07) is 9.57. The Morgan fingerprint density at radius 1 is 1.23 bits per heavy atom. The van der Waals surface area contributed by atoms with Crippen LogP contribution in [0.3, 0.4) is 0 Å². The molecule has 0 fully saturated rings. The number of rotatable bonds is 2. The maximum Gasteiger partial charge on any atom is 0.180 e. The van der Waals surface area contributed by atoms with E-state index in [1.165, 1.54) is 6.39 Å². The maximum absolute atomic E-state index is 5.93. The Balaban J connectivity index is 2.29. The SMILES string of the molecule is N[C@@H](c1ccccc1)c1cnco1. The van der Waals surface area contributed by atoms with Gasteiger partial charge in [-0.25, -0.2) is 4.98 Å². The molecule has 0 bridgehead atoms. The summed E-state index contributed by atoms with van der Waals surface area (Å²) in [5, 5.41) is 0. The molecule has 3 heteroatoms. The zero-order chi connectivity index (χ0) is 9.10. The van der Waals surface area contributed by atoms with Crippen LogP contribution in [0.5, 0.6) is 0 Å². The van der Waals surface area contributed by atoms with Crippen LogP contribution >= 0.6 is 0 Å². The van der Waals surface area contributed by atoms with Crippen LogP contribution in [0.15, 0.2) is 47.3 Å². The van der Waals surface area contributed by atoms with Crippen molar-refractivity contribution in [1.29, 1.82) is 0 Å². The minimum Gasteiger partial charge on any atom is -0.446 e. The molecule has 0 amide bonds. The first-order valence-corrected chi connectivity index (χ1v) is 4.07. The van der Waals surface area contributed by atoms with E-state index in [0.29, 0.717) is 5.76 Å².